The van der Waals surface area contributed by atoms with Crippen LogP contribution >= 0.6 is 23.2 Å². The van der Waals surface area contributed by atoms with E-state index >= 15 is 0 Å². The maximum Gasteiger partial charge on any atom is 0.404 e. The molecule has 4 rings (SSSR count). The number of carbonyl (C=O) groups is 1. The zero-order valence-corrected chi connectivity index (χ0v) is 18.9. The number of benzene rings is 1. The molecule has 1 spiro atoms. The molecule has 2 heterocycles. The fourth-order valence-electron chi connectivity index (χ4n) is 5.12. The van der Waals surface area contributed by atoms with E-state index in [1.54, 1.807) is 6.07 Å². The van der Waals surface area contributed by atoms with Crippen LogP contribution in [0.15, 0.2) is 18.2 Å². The van der Waals surface area contributed by atoms with Gasteiger partial charge in [0.05, 0.1) is 28.0 Å². The third-order valence-electron chi connectivity index (χ3n) is 6.74. The lowest BCUT2D eigenvalue weighted by Gasteiger charge is -2.43. The number of aromatic nitrogens is 2. The molecule has 1 aromatic carbocycles. The molecular weight excluding hydrogens is 439 g/mol. The van der Waals surface area contributed by atoms with Gasteiger partial charge < -0.3 is 20.4 Å². The third-order valence-corrected chi connectivity index (χ3v) is 7.56. The molecular formula is C22H26Cl2N4O3. The molecule has 2 aliphatic rings. The van der Waals surface area contributed by atoms with E-state index < -0.39 is 6.09 Å². The minimum atomic E-state index is -0.951. The van der Waals surface area contributed by atoms with Gasteiger partial charge in [0.2, 0.25) is 0 Å². The SMILES string of the molecule is Cc1nc(N2CCC3(CCCC3NC(=O)O)CC2)c(CO)nc1-c1cccc(Cl)c1Cl. The van der Waals surface area contributed by atoms with Crippen LogP contribution in [0.1, 0.15) is 43.5 Å². The average Bonchev–Trinajstić information content (AvgIpc) is 3.11. The summed E-state index contributed by atoms with van der Waals surface area (Å²) in [6.45, 7) is 3.13. The highest BCUT2D eigenvalue weighted by Crippen LogP contribution is 2.47. The number of halogens is 2. The first-order valence-electron chi connectivity index (χ1n) is 10.5. The van der Waals surface area contributed by atoms with Gasteiger partial charge in [-0.3, -0.25) is 0 Å². The summed E-state index contributed by atoms with van der Waals surface area (Å²) in [5.41, 5.74) is 2.51. The van der Waals surface area contributed by atoms with Gasteiger partial charge in [0.1, 0.15) is 5.69 Å². The Morgan fingerprint density at radius 2 is 2.00 bits per heavy atom. The number of aryl methyl sites for hydroxylation is 1. The Balaban J connectivity index is 1.59. The molecule has 2 aromatic rings. The molecule has 1 amide bonds. The highest BCUT2D eigenvalue weighted by atomic mass is 35.5. The third kappa shape index (κ3) is 4.19. The number of rotatable bonds is 4. The van der Waals surface area contributed by atoms with Crippen molar-refractivity contribution in [2.75, 3.05) is 18.0 Å². The van der Waals surface area contributed by atoms with Crippen molar-refractivity contribution in [3.63, 3.8) is 0 Å². The molecule has 3 N–H and O–H groups in total. The quantitative estimate of drug-likeness (QED) is 0.608. The highest BCUT2D eigenvalue weighted by molar-refractivity contribution is 6.43. The summed E-state index contributed by atoms with van der Waals surface area (Å²) < 4.78 is 0. The summed E-state index contributed by atoms with van der Waals surface area (Å²) >= 11 is 12.5. The summed E-state index contributed by atoms with van der Waals surface area (Å²) in [4.78, 5) is 22.8. The maximum atomic E-state index is 11.2. The second-order valence-corrected chi connectivity index (χ2v) is 9.22. The summed E-state index contributed by atoms with van der Waals surface area (Å²) in [6.07, 6.45) is 3.78. The van der Waals surface area contributed by atoms with E-state index in [1.165, 1.54) is 0 Å². The minimum Gasteiger partial charge on any atom is -0.465 e. The first kappa shape index (κ1) is 22.1. The van der Waals surface area contributed by atoms with Crippen molar-refractivity contribution in [2.45, 2.75) is 51.7 Å². The van der Waals surface area contributed by atoms with E-state index in [9.17, 15) is 15.0 Å². The van der Waals surface area contributed by atoms with Crippen LogP contribution < -0.4 is 10.2 Å². The summed E-state index contributed by atoms with van der Waals surface area (Å²) in [5, 5.41) is 22.8. The van der Waals surface area contributed by atoms with Crippen LogP contribution in [0.4, 0.5) is 10.6 Å². The predicted molar refractivity (Wildman–Crippen MR) is 121 cm³/mol. The van der Waals surface area contributed by atoms with Crippen LogP contribution in [-0.2, 0) is 6.61 Å². The van der Waals surface area contributed by atoms with Gasteiger partial charge in [0.25, 0.3) is 0 Å². The molecule has 9 heteroatoms. The first-order valence-corrected chi connectivity index (χ1v) is 11.3. The Morgan fingerprint density at radius 3 is 2.68 bits per heavy atom. The van der Waals surface area contributed by atoms with Gasteiger partial charge in [0, 0.05) is 24.7 Å². The molecule has 1 atom stereocenters. The van der Waals surface area contributed by atoms with E-state index in [-0.39, 0.29) is 18.1 Å². The van der Waals surface area contributed by atoms with Gasteiger partial charge in [-0.15, -0.1) is 0 Å². The fourth-order valence-corrected chi connectivity index (χ4v) is 5.51. The van der Waals surface area contributed by atoms with Gasteiger partial charge in [-0.2, -0.15) is 0 Å². The molecule has 1 aliphatic heterocycles. The van der Waals surface area contributed by atoms with Gasteiger partial charge in [-0.1, -0.05) is 41.8 Å². The standard InChI is InChI=1S/C22H26Cl2N4O3/c1-13-19(14-4-2-5-15(23)18(14)24)26-16(12-29)20(25-13)28-10-8-22(9-11-28)7-3-6-17(22)27-21(30)31/h2,4-5,17,27,29H,3,6-12H2,1H3,(H,30,31). The highest BCUT2D eigenvalue weighted by Gasteiger charge is 2.45. The zero-order valence-electron chi connectivity index (χ0n) is 17.4. The van der Waals surface area contributed by atoms with Gasteiger partial charge in [-0.05, 0) is 44.1 Å². The molecule has 2 fully saturated rings. The maximum absolute atomic E-state index is 11.2. The van der Waals surface area contributed by atoms with Crippen LogP contribution in [0.25, 0.3) is 11.3 Å². The number of hydrogen-bond acceptors (Lipinski definition) is 5. The van der Waals surface area contributed by atoms with E-state index in [0.29, 0.717) is 38.5 Å². The molecule has 166 valence electrons. The van der Waals surface area contributed by atoms with Gasteiger partial charge >= 0.3 is 6.09 Å². The number of aliphatic hydroxyl groups excluding tert-OH is 1. The smallest absolute Gasteiger partial charge is 0.404 e. The van der Waals surface area contributed by atoms with E-state index in [0.717, 1.165) is 45.2 Å². The van der Waals surface area contributed by atoms with Gasteiger partial charge in [0.15, 0.2) is 5.82 Å². The minimum absolute atomic E-state index is 0.00429. The lowest BCUT2D eigenvalue weighted by molar-refractivity contribution is 0.149. The molecule has 1 aromatic heterocycles. The molecule has 0 bridgehead atoms. The van der Waals surface area contributed by atoms with Crippen molar-refractivity contribution in [1.82, 2.24) is 15.3 Å². The average molecular weight is 465 g/mol. The van der Waals surface area contributed by atoms with Crippen LogP contribution in [-0.4, -0.2) is 45.4 Å². The molecule has 7 nitrogen and oxygen atoms in total. The number of anilines is 1. The largest absolute Gasteiger partial charge is 0.465 e. The van der Waals surface area contributed by atoms with Crippen LogP contribution in [0, 0.1) is 12.3 Å². The molecule has 31 heavy (non-hydrogen) atoms. The normalized spacial score (nSPS) is 20.3. The molecule has 1 saturated carbocycles. The molecule has 1 saturated heterocycles. The van der Waals surface area contributed by atoms with Crippen LogP contribution in [0.2, 0.25) is 10.0 Å². The molecule has 1 unspecified atom stereocenters. The Labute approximate surface area is 191 Å². The number of aliphatic hydroxyl groups is 1. The van der Waals surface area contributed by atoms with Crippen molar-refractivity contribution in [3.05, 3.63) is 39.6 Å². The van der Waals surface area contributed by atoms with Crippen molar-refractivity contribution in [1.29, 1.82) is 0 Å². The number of amides is 1. The van der Waals surface area contributed by atoms with Gasteiger partial charge in [-0.25, -0.2) is 14.8 Å². The second-order valence-electron chi connectivity index (χ2n) is 8.43. The van der Waals surface area contributed by atoms with Crippen molar-refractivity contribution in [2.24, 2.45) is 5.41 Å². The van der Waals surface area contributed by atoms with E-state index in [2.05, 4.69) is 10.2 Å². The number of piperidine rings is 1. The Bertz CT molecular complexity index is 993. The second kappa shape index (κ2) is 8.81. The summed E-state index contributed by atoms with van der Waals surface area (Å²) in [5.74, 6) is 0.678. The fraction of sp³-hybridized carbons (Fsp3) is 0.500. The number of nitrogens with one attached hydrogen (secondary N) is 1. The molecule has 0 radical (unpaired) electrons. The zero-order chi connectivity index (χ0) is 22.2. The van der Waals surface area contributed by atoms with Crippen LogP contribution in [0.5, 0.6) is 0 Å². The van der Waals surface area contributed by atoms with Crippen molar-refractivity contribution >= 4 is 35.1 Å². The Kier molecular flexibility index (Phi) is 6.28. The molecule has 1 aliphatic carbocycles. The Morgan fingerprint density at radius 1 is 1.26 bits per heavy atom. The van der Waals surface area contributed by atoms with Crippen LogP contribution in [0.3, 0.4) is 0 Å². The first-order chi connectivity index (χ1) is 14.8. The lowest BCUT2D eigenvalue weighted by Crippen LogP contribution is -2.50. The lowest BCUT2D eigenvalue weighted by atomic mass is 9.74. The van der Waals surface area contributed by atoms with Crippen molar-refractivity contribution in [3.8, 4) is 11.3 Å². The monoisotopic (exact) mass is 464 g/mol. The number of nitrogens with zero attached hydrogens (tertiary/aromatic N) is 3. The van der Waals surface area contributed by atoms with E-state index in [4.69, 9.17) is 33.2 Å². The van der Waals surface area contributed by atoms with E-state index in [1.807, 2.05) is 19.1 Å². The predicted octanol–water partition coefficient (Wildman–Crippen LogP) is 4.66. The summed E-state index contributed by atoms with van der Waals surface area (Å²) in [6, 6.07) is 5.37. The summed E-state index contributed by atoms with van der Waals surface area (Å²) in [7, 11) is 0. The number of carboxylic acid groups (broad SMARTS) is 1. The topological polar surface area (TPSA) is 98.6 Å². The Hall–Kier alpha value is -2.09. The number of hydrogen-bond donors (Lipinski definition) is 3. The van der Waals surface area contributed by atoms with Crippen molar-refractivity contribution < 1.29 is 15.0 Å².